The first-order valence-electron chi connectivity index (χ1n) is 2.94. The van der Waals surface area contributed by atoms with E-state index in [1.807, 2.05) is 24.3 Å². The average Bonchev–Trinajstić information content (AvgIpc) is 2.04. The number of aliphatic imine (C=N–C) groups is 1. The van der Waals surface area contributed by atoms with E-state index in [-0.39, 0.29) is 0 Å². The monoisotopic (exact) mass is 132 g/mol. The molecule has 0 fully saturated rings. The van der Waals surface area contributed by atoms with Gasteiger partial charge in [-0.3, -0.25) is 4.99 Å². The molecule has 0 radical (unpaired) electrons. The second-order valence-electron chi connectivity index (χ2n) is 1.86. The molecule has 0 saturated carbocycles. The molecule has 0 unspecified atom stereocenters. The van der Waals surface area contributed by atoms with E-state index in [4.69, 9.17) is 5.41 Å². The van der Waals surface area contributed by atoms with Crippen LogP contribution in [-0.4, -0.2) is 12.9 Å². The quantitative estimate of drug-likeness (QED) is 0.597. The molecule has 0 aliphatic carbocycles. The van der Waals surface area contributed by atoms with Crippen LogP contribution in [0, 0.1) is 5.41 Å². The van der Waals surface area contributed by atoms with E-state index in [0.717, 1.165) is 11.3 Å². The van der Waals surface area contributed by atoms with E-state index >= 15 is 0 Å². The summed E-state index contributed by atoms with van der Waals surface area (Å²) < 4.78 is 0. The van der Waals surface area contributed by atoms with E-state index in [2.05, 4.69) is 11.7 Å². The first-order valence-corrected chi connectivity index (χ1v) is 2.94. The predicted molar refractivity (Wildman–Crippen MR) is 43.5 cm³/mol. The maximum Gasteiger partial charge on any atom is 0.0709 e. The molecular formula is C8H8N2. The number of nitrogens with one attached hydrogen (secondary N) is 1. The predicted octanol–water partition coefficient (Wildman–Crippen LogP) is 2.02. The summed E-state index contributed by atoms with van der Waals surface area (Å²) in [6, 6.07) is 7.40. The molecule has 0 aliphatic heterocycles. The Labute approximate surface area is 59.7 Å². The molecule has 0 bridgehead atoms. The van der Waals surface area contributed by atoms with E-state index in [1.54, 1.807) is 0 Å². The maximum absolute atomic E-state index is 6.98. The lowest BCUT2D eigenvalue weighted by Gasteiger charge is -1.94. The van der Waals surface area contributed by atoms with E-state index in [9.17, 15) is 0 Å². The third kappa shape index (κ3) is 1.10. The van der Waals surface area contributed by atoms with Crippen molar-refractivity contribution >= 4 is 18.6 Å². The van der Waals surface area contributed by atoms with Crippen LogP contribution < -0.4 is 0 Å². The Balaban J connectivity index is 3.20. The van der Waals surface area contributed by atoms with Crippen LogP contribution in [0.1, 0.15) is 5.56 Å². The summed E-state index contributed by atoms with van der Waals surface area (Å²) in [7, 11) is 0. The smallest absolute Gasteiger partial charge is 0.0709 e. The molecular weight excluding hydrogens is 124 g/mol. The Hall–Kier alpha value is -1.44. The van der Waals surface area contributed by atoms with Crippen molar-refractivity contribution in [3.63, 3.8) is 0 Å². The SMILES string of the molecule is C=Nc1ccccc1C=N. The van der Waals surface area contributed by atoms with Crippen molar-refractivity contribution in [2.45, 2.75) is 0 Å². The topological polar surface area (TPSA) is 36.2 Å². The molecule has 1 aromatic rings. The van der Waals surface area contributed by atoms with Gasteiger partial charge in [-0.2, -0.15) is 0 Å². The van der Waals surface area contributed by atoms with Crippen LogP contribution in [0.15, 0.2) is 29.3 Å². The summed E-state index contributed by atoms with van der Waals surface area (Å²) in [4.78, 5) is 3.74. The minimum absolute atomic E-state index is 0.762. The van der Waals surface area contributed by atoms with Gasteiger partial charge in [0.05, 0.1) is 5.69 Å². The number of rotatable bonds is 2. The molecule has 10 heavy (non-hydrogen) atoms. The van der Waals surface area contributed by atoms with Gasteiger partial charge in [-0.15, -0.1) is 0 Å². The molecule has 1 rings (SSSR count). The molecule has 0 saturated heterocycles. The van der Waals surface area contributed by atoms with Gasteiger partial charge in [0, 0.05) is 11.8 Å². The third-order valence-corrected chi connectivity index (χ3v) is 1.26. The van der Waals surface area contributed by atoms with Gasteiger partial charge in [-0.05, 0) is 12.8 Å². The van der Waals surface area contributed by atoms with E-state index in [0.29, 0.717) is 0 Å². The van der Waals surface area contributed by atoms with Crippen LogP contribution in [0.4, 0.5) is 5.69 Å². The summed E-state index contributed by atoms with van der Waals surface area (Å²) >= 11 is 0. The van der Waals surface area contributed by atoms with Crippen molar-refractivity contribution < 1.29 is 0 Å². The molecule has 0 aliphatic rings. The Bertz CT molecular complexity index is 226. The van der Waals surface area contributed by atoms with Gasteiger partial charge in [0.25, 0.3) is 0 Å². The molecule has 0 atom stereocenters. The second kappa shape index (κ2) is 2.92. The van der Waals surface area contributed by atoms with E-state index < -0.39 is 0 Å². The fourth-order valence-corrected chi connectivity index (χ4v) is 0.754. The lowest BCUT2D eigenvalue weighted by molar-refractivity contribution is 1.49. The number of benzene rings is 1. The fraction of sp³-hybridized carbons (Fsp3) is 0. The molecule has 0 spiro atoms. The second-order valence-corrected chi connectivity index (χ2v) is 1.86. The van der Waals surface area contributed by atoms with Crippen molar-refractivity contribution in [3.05, 3.63) is 29.8 Å². The molecule has 1 aromatic carbocycles. The number of hydrogen-bond acceptors (Lipinski definition) is 2. The largest absolute Gasteiger partial charge is 0.308 e. The van der Waals surface area contributed by atoms with Crippen LogP contribution in [-0.2, 0) is 0 Å². The number of hydrogen-bond donors (Lipinski definition) is 1. The van der Waals surface area contributed by atoms with Crippen LogP contribution >= 0.6 is 0 Å². The lowest BCUT2D eigenvalue weighted by Crippen LogP contribution is -1.77. The highest BCUT2D eigenvalue weighted by atomic mass is 14.7. The maximum atomic E-state index is 6.98. The number of para-hydroxylation sites is 1. The van der Waals surface area contributed by atoms with Crippen LogP contribution in [0.25, 0.3) is 0 Å². The zero-order valence-electron chi connectivity index (χ0n) is 5.54. The van der Waals surface area contributed by atoms with Crippen molar-refractivity contribution in [2.75, 3.05) is 0 Å². The highest BCUT2D eigenvalue weighted by Crippen LogP contribution is 2.14. The standard InChI is InChI=1S/C8H8N2/c1-10-8-5-3-2-4-7(8)6-9/h2-6,9H,1H2. The van der Waals surface area contributed by atoms with Gasteiger partial charge in [-0.25, -0.2) is 0 Å². The Morgan fingerprint density at radius 1 is 1.40 bits per heavy atom. The van der Waals surface area contributed by atoms with Gasteiger partial charge in [-0.1, -0.05) is 18.2 Å². The first kappa shape index (κ1) is 6.68. The Morgan fingerprint density at radius 2 is 2.10 bits per heavy atom. The molecule has 2 nitrogen and oxygen atoms in total. The van der Waals surface area contributed by atoms with Gasteiger partial charge in [0.2, 0.25) is 0 Å². The molecule has 0 heterocycles. The van der Waals surface area contributed by atoms with Crippen LogP contribution in [0.2, 0.25) is 0 Å². The normalized spacial score (nSPS) is 8.80. The Kier molecular flexibility index (Phi) is 1.95. The molecule has 1 N–H and O–H groups in total. The first-order chi connectivity index (χ1) is 4.88. The van der Waals surface area contributed by atoms with Gasteiger partial charge < -0.3 is 5.41 Å². The van der Waals surface area contributed by atoms with Gasteiger partial charge in [0.15, 0.2) is 0 Å². The zero-order chi connectivity index (χ0) is 7.40. The average molecular weight is 132 g/mol. The summed E-state index contributed by atoms with van der Waals surface area (Å²) in [5, 5.41) is 6.98. The third-order valence-electron chi connectivity index (χ3n) is 1.26. The zero-order valence-corrected chi connectivity index (χ0v) is 5.54. The molecule has 50 valence electrons. The summed E-state index contributed by atoms with van der Waals surface area (Å²) in [6.07, 6.45) is 1.27. The summed E-state index contributed by atoms with van der Waals surface area (Å²) in [5.41, 5.74) is 1.56. The van der Waals surface area contributed by atoms with Crippen molar-refractivity contribution in [2.24, 2.45) is 4.99 Å². The molecule has 0 aromatic heterocycles. The summed E-state index contributed by atoms with van der Waals surface area (Å²) in [6.45, 7) is 3.39. The van der Waals surface area contributed by atoms with Crippen LogP contribution in [0.5, 0.6) is 0 Å². The number of nitrogens with zero attached hydrogens (tertiary/aromatic N) is 1. The van der Waals surface area contributed by atoms with E-state index in [1.165, 1.54) is 6.21 Å². The fourth-order valence-electron chi connectivity index (χ4n) is 0.754. The highest BCUT2D eigenvalue weighted by molar-refractivity contribution is 5.84. The van der Waals surface area contributed by atoms with Crippen LogP contribution in [0.3, 0.4) is 0 Å². The van der Waals surface area contributed by atoms with Crippen molar-refractivity contribution in [1.82, 2.24) is 0 Å². The Morgan fingerprint density at radius 3 is 2.60 bits per heavy atom. The molecule has 2 heteroatoms. The van der Waals surface area contributed by atoms with Gasteiger partial charge in [0.1, 0.15) is 0 Å². The van der Waals surface area contributed by atoms with Gasteiger partial charge >= 0.3 is 0 Å². The minimum atomic E-state index is 0.762. The van der Waals surface area contributed by atoms with Crippen molar-refractivity contribution in [1.29, 1.82) is 5.41 Å². The minimum Gasteiger partial charge on any atom is -0.308 e. The lowest BCUT2D eigenvalue weighted by atomic mass is 10.2. The van der Waals surface area contributed by atoms with Crippen molar-refractivity contribution in [3.8, 4) is 0 Å². The molecule has 0 amide bonds. The highest BCUT2D eigenvalue weighted by Gasteiger charge is 1.91. The summed E-state index contributed by atoms with van der Waals surface area (Å²) in [5.74, 6) is 0.